The Hall–Kier alpha value is -1.14. The third-order valence-electron chi connectivity index (χ3n) is 5.23. The minimum Gasteiger partial charge on any atom is -0.378 e. The smallest absolute Gasteiger partial charge is 0.234 e. The molecule has 1 saturated carbocycles. The molecule has 0 unspecified atom stereocenters. The molecule has 6 heteroatoms. The first-order chi connectivity index (χ1) is 11.7. The molecular formula is C18H31N3O3. The summed E-state index contributed by atoms with van der Waals surface area (Å²) in [4.78, 5) is 26.1. The summed E-state index contributed by atoms with van der Waals surface area (Å²) < 4.78 is 5.68. The fourth-order valence-corrected chi connectivity index (χ4v) is 3.57. The summed E-state index contributed by atoms with van der Waals surface area (Å²) in [5.41, 5.74) is 0. The Morgan fingerprint density at radius 3 is 2.29 bits per heavy atom. The Bertz CT molecular complexity index is 425. The molecule has 2 amide bonds. The molecule has 0 aromatic carbocycles. The third-order valence-corrected chi connectivity index (χ3v) is 5.23. The molecule has 6 nitrogen and oxygen atoms in total. The van der Waals surface area contributed by atoms with Crippen molar-refractivity contribution in [3.63, 3.8) is 0 Å². The number of amides is 2. The molecule has 2 saturated heterocycles. The topological polar surface area (TPSA) is 70.7 Å². The van der Waals surface area contributed by atoms with Crippen LogP contribution in [0.4, 0.5) is 0 Å². The largest absolute Gasteiger partial charge is 0.378 e. The summed E-state index contributed by atoms with van der Waals surface area (Å²) in [5.74, 6) is 0.293. The summed E-state index contributed by atoms with van der Waals surface area (Å²) in [7, 11) is 0. The van der Waals surface area contributed by atoms with Gasteiger partial charge in [-0.2, -0.15) is 0 Å². The van der Waals surface area contributed by atoms with Crippen LogP contribution in [0.25, 0.3) is 0 Å². The second-order valence-corrected chi connectivity index (χ2v) is 7.49. The quantitative estimate of drug-likeness (QED) is 0.732. The van der Waals surface area contributed by atoms with Crippen molar-refractivity contribution in [2.24, 2.45) is 0 Å². The summed E-state index contributed by atoms with van der Waals surface area (Å²) in [6, 6.07) is 0.690. The van der Waals surface area contributed by atoms with Gasteiger partial charge in [0.1, 0.15) is 0 Å². The maximum atomic E-state index is 12.1. The van der Waals surface area contributed by atoms with Crippen molar-refractivity contribution in [1.82, 2.24) is 15.5 Å². The van der Waals surface area contributed by atoms with Gasteiger partial charge >= 0.3 is 0 Å². The SMILES string of the molecule is O=C(CC[C@@H]1CCCCO1)NC1CCN(CC(=O)NC2CC2)CC1. The van der Waals surface area contributed by atoms with Crippen molar-refractivity contribution in [2.45, 2.75) is 76.0 Å². The van der Waals surface area contributed by atoms with Gasteiger partial charge in [0.05, 0.1) is 12.6 Å². The maximum Gasteiger partial charge on any atom is 0.234 e. The Kier molecular flexibility index (Phi) is 6.49. The van der Waals surface area contributed by atoms with Gasteiger partial charge in [0.2, 0.25) is 11.8 Å². The molecule has 0 aromatic rings. The third kappa shape index (κ3) is 6.06. The van der Waals surface area contributed by atoms with Gasteiger partial charge in [-0.05, 0) is 51.4 Å². The van der Waals surface area contributed by atoms with Gasteiger partial charge in [-0.15, -0.1) is 0 Å². The van der Waals surface area contributed by atoms with Crippen LogP contribution in [-0.4, -0.2) is 61.1 Å². The Balaban J connectivity index is 1.27. The van der Waals surface area contributed by atoms with Crippen LogP contribution in [-0.2, 0) is 14.3 Å². The van der Waals surface area contributed by atoms with Crippen molar-refractivity contribution in [2.75, 3.05) is 26.2 Å². The molecule has 136 valence electrons. The van der Waals surface area contributed by atoms with Crippen molar-refractivity contribution >= 4 is 11.8 Å². The minimum absolute atomic E-state index is 0.146. The van der Waals surface area contributed by atoms with Crippen LogP contribution in [0.15, 0.2) is 0 Å². The number of nitrogens with zero attached hydrogens (tertiary/aromatic N) is 1. The molecular weight excluding hydrogens is 306 g/mol. The van der Waals surface area contributed by atoms with Crippen LogP contribution in [0.2, 0.25) is 0 Å². The highest BCUT2D eigenvalue weighted by molar-refractivity contribution is 5.78. The van der Waals surface area contributed by atoms with Gasteiger partial charge in [-0.25, -0.2) is 0 Å². The molecule has 0 spiro atoms. The number of nitrogens with one attached hydrogen (secondary N) is 2. The van der Waals surface area contributed by atoms with E-state index in [-0.39, 0.29) is 24.0 Å². The van der Waals surface area contributed by atoms with Gasteiger partial charge in [-0.3, -0.25) is 14.5 Å². The van der Waals surface area contributed by atoms with E-state index in [1.165, 1.54) is 6.42 Å². The highest BCUT2D eigenvalue weighted by Crippen LogP contribution is 2.19. The maximum absolute atomic E-state index is 12.1. The second-order valence-electron chi connectivity index (χ2n) is 7.49. The number of likely N-dealkylation sites (tertiary alicyclic amines) is 1. The van der Waals surface area contributed by atoms with E-state index in [0.717, 1.165) is 64.6 Å². The van der Waals surface area contributed by atoms with Crippen LogP contribution >= 0.6 is 0 Å². The first kappa shape index (κ1) is 17.7. The molecule has 3 fully saturated rings. The van der Waals surface area contributed by atoms with E-state index in [0.29, 0.717) is 19.0 Å². The van der Waals surface area contributed by atoms with E-state index in [1.54, 1.807) is 0 Å². The van der Waals surface area contributed by atoms with Gasteiger partial charge in [-0.1, -0.05) is 0 Å². The molecule has 0 bridgehead atoms. The second kappa shape index (κ2) is 8.81. The first-order valence-electron chi connectivity index (χ1n) is 9.62. The Morgan fingerprint density at radius 1 is 0.917 bits per heavy atom. The van der Waals surface area contributed by atoms with Crippen molar-refractivity contribution in [3.8, 4) is 0 Å². The van der Waals surface area contributed by atoms with Crippen LogP contribution in [0, 0.1) is 0 Å². The number of carbonyl (C=O) groups is 2. The van der Waals surface area contributed by atoms with Crippen LogP contribution in [0.5, 0.6) is 0 Å². The van der Waals surface area contributed by atoms with E-state index in [1.807, 2.05) is 0 Å². The zero-order valence-electron chi connectivity index (χ0n) is 14.6. The van der Waals surface area contributed by atoms with Crippen molar-refractivity contribution in [1.29, 1.82) is 0 Å². The number of rotatable bonds is 7. The zero-order chi connectivity index (χ0) is 16.8. The monoisotopic (exact) mass is 337 g/mol. The van der Waals surface area contributed by atoms with Crippen LogP contribution in [0.3, 0.4) is 0 Å². The van der Waals surface area contributed by atoms with Crippen LogP contribution < -0.4 is 10.6 Å². The molecule has 3 rings (SSSR count). The molecule has 2 heterocycles. The Morgan fingerprint density at radius 2 is 1.62 bits per heavy atom. The van der Waals surface area contributed by atoms with E-state index in [9.17, 15) is 9.59 Å². The summed E-state index contributed by atoms with van der Waals surface area (Å²) in [6.45, 7) is 3.11. The van der Waals surface area contributed by atoms with Gasteiger partial charge in [0.15, 0.2) is 0 Å². The highest BCUT2D eigenvalue weighted by atomic mass is 16.5. The van der Waals surface area contributed by atoms with Gasteiger partial charge in [0, 0.05) is 38.2 Å². The molecule has 0 radical (unpaired) electrons. The van der Waals surface area contributed by atoms with Crippen LogP contribution in [0.1, 0.15) is 57.8 Å². The molecule has 1 atom stereocenters. The van der Waals surface area contributed by atoms with Gasteiger partial charge in [0.25, 0.3) is 0 Å². The predicted molar refractivity (Wildman–Crippen MR) is 91.6 cm³/mol. The van der Waals surface area contributed by atoms with E-state index >= 15 is 0 Å². The normalized spacial score (nSPS) is 26.1. The number of piperidine rings is 1. The van der Waals surface area contributed by atoms with Gasteiger partial charge < -0.3 is 15.4 Å². The lowest BCUT2D eigenvalue weighted by Crippen LogP contribution is -2.47. The number of hydrogen-bond acceptors (Lipinski definition) is 4. The van der Waals surface area contributed by atoms with E-state index in [4.69, 9.17) is 4.74 Å². The van der Waals surface area contributed by atoms with E-state index in [2.05, 4.69) is 15.5 Å². The summed E-state index contributed by atoms with van der Waals surface area (Å²) in [5, 5.41) is 6.18. The average molecular weight is 337 g/mol. The molecule has 3 aliphatic rings. The highest BCUT2D eigenvalue weighted by Gasteiger charge is 2.26. The average Bonchev–Trinajstić information content (AvgIpc) is 3.39. The molecule has 0 aromatic heterocycles. The predicted octanol–water partition coefficient (Wildman–Crippen LogP) is 1.19. The lowest BCUT2D eigenvalue weighted by molar-refractivity contribution is -0.124. The molecule has 1 aliphatic carbocycles. The number of carbonyl (C=O) groups excluding carboxylic acids is 2. The molecule has 24 heavy (non-hydrogen) atoms. The van der Waals surface area contributed by atoms with E-state index < -0.39 is 0 Å². The standard InChI is InChI=1S/C18H31N3O3/c22-17(7-6-16-3-1-2-12-24-16)19-15-8-10-21(11-9-15)13-18(23)20-14-4-5-14/h14-16H,1-13H2,(H,19,22)(H,20,23)/t16-/m0/s1. The number of ether oxygens (including phenoxy) is 1. The first-order valence-corrected chi connectivity index (χ1v) is 9.62. The molecule has 2 aliphatic heterocycles. The summed E-state index contributed by atoms with van der Waals surface area (Å²) in [6.07, 6.45) is 9.27. The number of hydrogen-bond donors (Lipinski definition) is 2. The van der Waals surface area contributed by atoms with Crippen molar-refractivity contribution in [3.05, 3.63) is 0 Å². The fraction of sp³-hybridized carbons (Fsp3) is 0.889. The summed E-state index contributed by atoms with van der Waals surface area (Å²) >= 11 is 0. The Labute approximate surface area is 144 Å². The minimum atomic E-state index is 0.146. The van der Waals surface area contributed by atoms with Crippen molar-refractivity contribution < 1.29 is 14.3 Å². The zero-order valence-corrected chi connectivity index (χ0v) is 14.6. The molecule has 2 N–H and O–H groups in total. The lowest BCUT2D eigenvalue weighted by Gasteiger charge is -2.32. The lowest BCUT2D eigenvalue weighted by atomic mass is 10.0. The fourth-order valence-electron chi connectivity index (χ4n) is 3.57.